The van der Waals surface area contributed by atoms with Gasteiger partial charge >= 0.3 is 0 Å². The zero-order valence-corrected chi connectivity index (χ0v) is 13.1. The molecular formula is C20H14N2O2. The van der Waals surface area contributed by atoms with Gasteiger partial charge in [0.05, 0.1) is 16.1 Å². The van der Waals surface area contributed by atoms with Gasteiger partial charge in [0.2, 0.25) is 0 Å². The average molecular weight is 314 g/mol. The maximum absolute atomic E-state index is 11.0. The molecule has 0 amide bonds. The fraction of sp³-hybridized carbons (Fsp3) is 0.0500. The Morgan fingerprint density at radius 3 is 2.58 bits per heavy atom. The lowest BCUT2D eigenvalue weighted by Gasteiger charge is -2.09. The predicted octanol–water partition coefficient (Wildman–Crippen LogP) is 5.27. The van der Waals surface area contributed by atoms with Crippen LogP contribution < -0.4 is 0 Å². The van der Waals surface area contributed by atoms with Crippen LogP contribution in [0.25, 0.3) is 32.9 Å². The molecule has 0 aliphatic carbocycles. The molecule has 116 valence electrons. The summed E-state index contributed by atoms with van der Waals surface area (Å²) in [6, 6.07) is 21.0. The maximum atomic E-state index is 11.0. The minimum absolute atomic E-state index is 0.0762. The highest BCUT2D eigenvalue weighted by molar-refractivity contribution is 6.06. The fourth-order valence-corrected chi connectivity index (χ4v) is 3.09. The summed E-state index contributed by atoms with van der Waals surface area (Å²) in [4.78, 5) is 15.4. The first-order valence-electron chi connectivity index (χ1n) is 7.67. The Balaban J connectivity index is 1.97. The molecule has 4 heteroatoms. The summed E-state index contributed by atoms with van der Waals surface area (Å²) in [5, 5.41) is 14.4. The third-order valence-electron chi connectivity index (χ3n) is 4.24. The first kappa shape index (κ1) is 14.3. The van der Waals surface area contributed by atoms with Crippen LogP contribution in [0.4, 0.5) is 5.69 Å². The quantitative estimate of drug-likeness (QED) is 0.288. The van der Waals surface area contributed by atoms with Crippen LogP contribution in [0.15, 0.2) is 66.7 Å². The van der Waals surface area contributed by atoms with E-state index in [0.717, 1.165) is 33.1 Å². The minimum atomic E-state index is -0.382. The van der Waals surface area contributed by atoms with Crippen molar-refractivity contribution in [3.8, 4) is 11.3 Å². The van der Waals surface area contributed by atoms with E-state index in [-0.39, 0.29) is 10.6 Å². The van der Waals surface area contributed by atoms with Gasteiger partial charge in [-0.05, 0) is 35.4 Å². The molecule has 1 aromatic heterocycles. The normalized spacial score (nSPS) is 11.0. The van der Waals surface area contributed by atoms with Crippen molar-refractivity contribution in [1.29, 1.82) is 0 Å². The van der Waals surface area contributed by atoms with Crippen molar-refractivity contribution in [3.05, 3.63) is 82.4 Å². The number of aryl methyl sites for hydroxylation is 1. The third kappa shape index (κ3) is 2.29. The van der Waals surface area contributed by atoms with Gasteiger partial charge in [0.1, 0.15) is 0 Å². The number of non-ortho nitro benzene ring substituents is 1. The molecule has 3 aromatic carbocycles. The molecule has 0 saturated carbocycles. The van der Waals surface area contributed by atoms with Gasteiger partial charge in [0.15, 0.2) is 0 Å². The number of fused-ring (bicyclic) bond motifs is 3. The van der Waals surface area contributed by atoms with E-state index < -0.39 is 0 Å². The highest BCUT2D eigenvalue weighted by Crippen LogP contribution is 2.31. The first-order valence-corrected chi connectivity index (χ1v) is 7.67. The van der Waals surface area contributed by atoms with E-state index >= 15 is 0 Å². The summed E-state index contributed by atoms with van der Waals surface area (Å²) in [6.07, 6.45) is 0. The molecule has 0 unspecified atom stereocenters. The number of rotatable bonds is 2. The molecule has 0 N–H and O–H groups in total. The number of aromatic nitrogens is 1. The second-order valence-electron chi connectivity index (χ2n) is 5.81. The van der Waals surface area contributed by atoms with Crippen molar-refractivity contribution in [3.63, 3.8) is 0 Å². The van der Waals surface area contributed by atoms with Crippen LogP contribution in [0.2, 0.25) is 0 Å². The van der Waals surface area contributed by atoms with Crippen LogP contribution in [-0.2, 0) is 0 Å². The lowest BCUT2D eigenvalue weighted by atomic mass is 10.0. The monoisotopic (exact) mass is 314 g/mol. The summed E-state index contributed by atoms with van der Waals surface area (Å²) in [6.45, 7) is 1.99. The zero-order valence-electron chi connectivity index (χ0n) is 13.1. The van der Waals surface area contributed by atoms with Crippen LogP contribution in [0.1, 0.15) is 5.56 Å². The SMILES string of the molecule is Cc1cc2c(ccc3ccccc32)nc1-c1cccc([N+](=O)[O-])c1. The van der Waals surface area contributed by atoms with E-state index in [1.165, 1.54) is 11.5 Å². The summed E-state index contributed by atoms with van der Waals surface area (Å²) >= 11 is 0. The molecule has 0 aliphatic heterocycles. The topological polar surface area (TPSA) is 56.0 Å². The van der Waals surface area contributed by atoms with Gasteiger partial charge in [-0.1, -0.05) is 42.5 Å². The lowest BCUT2D eigenvalue weighted by Crippen LogP contribution is -1.93. The molecule has 24 heavy (non-hydrogen) atoms. The molecule has 0 spiro atoms. The fourth-order valence-electron chi connectivity index (χ4n) is 3.09. The van der Waals surface area contributed by atoms with Crippen LogP contribution in [0.3, 0.4) is 0 Å². The molecular weight excluding hydrogens is 300 g/mol. The molecule has 0 saturated heterocycles. The maximum Gasteiger partial charge on any atom is 0.270 e. The summed E-state index contributed by atoms with van der Waals surface area (Å²) in [5.41, 5.74) is 3.51. The minimum Gasteiger partial charge on any atom is -0.258 e. The second kappa shape index (κ2) is 5.42. The van der Waals surface area contributed by atoms with Gasteiger partial charge in [-0.15, -0.1) is 0 Å². The standard InChI is InChI=1S/C20H14N2O2/c1-13-11-18-17-8-3-2-5-14(17)9-10-19(18)21-20(13)15-6-4-7-16(12-15)22(23)24/h2-12H,1H3. The average Bonchev–Trinajstić information content (AvgIpc) is 2.61. The third-order valence-corrected chi connectivity index (χ3v) is 4.24. The number of nitrogens with zero attached hydrogens (tertiary/aromatic N) is 2. The molecule has 4 aromatic rings. The van der Waals surface area contributed by atoms with E-state index in [9.17, 15) is 10.1 Å². The Kier molecular flexibility index (Phi) is 3.24. The van der Waals surface area contributed by atoms with E-state index in [0.29, 0.717) is 0 Å². The largest absolute Gasteiger partial charge is 0.270 e. The number of hydrogen-bond acceptors (Lipinski definition) is 3. The molecule has 0 bridgehead atoms. The predicted molar refractivity (Wildman–Crippen MR) is 96.1 cm³/mol. The Labute approximate surface area is 138 Å². The zero-order chi connectivity index (χ0) is 16.7. The van der Waals surface area contributed by atoms with Gasteiger partial charge in [-0.2, -0.15) is 0 Å². The summed E-state index contributed by atoms with van der Waals surface area (Å²) < 4.78 is 0. The number of nitro groups is 1. The lowest BCUT2D eigenvalue weighted by molar-refractivity contribution is -0.384. The smallest absolute Gasteiger partial charge is 0.258 e. The number of hydrogen-bond donors (Lipinski definition) is 0. The number of nitro benzene ring substituents is 1. The molecule has 1 heterocycles. The summed E-state index contributed by atoms with van der Waals surface area (Å²) in [7, 11) is 0. The van der Waals surface area contributed by atoms with Crippen molar-refractivity contribution in [2.45, 2.75) is 6.92 Å². The molecule has 0 aliphatic rings. The second-order valence-corrected chi connectivity index (χ2v) is 5.81. The molecule has 0 radical (unpaired) electrons. The Hall–Kier alpha value is -3.27. The van der Waals surface area contributed by atoms with Crippen LogP contribution in [-0.4, -0.2) is 9.91 Å². The van der Waals surface area contributed by atoms with Crippen molar-refractivity contribution in [1.82, 2.24) is 4.98 Å². The van der Waals surface area contributed by atoms with E-state index in [1.807, 2.05) is 31.2 Å². The van der Waals surface area contributed by atoms with Crippen molar-refractivity contribution in [2.24, 2.45) is 0 Å². The van der Waals surface area contributed by atoms with Gasteiger partial charge in [0.25, 0.3) is 5.69 Å². The van der Waals surface area contributed by atoms with Crippen molar-refractivity contribution < 1.29 is 4.92 Å². The molecule has 0 fully saturated rings. The van der Waals surface area contributed by atoms with Crippen molar-refractivity contribution in [2.75, 3.05) is 0 Å². The Morgan fingerprint density at radius 1 is 0.917 bits per heavy atom. The van der Waals surface area contributed by atoms with E-state index in [2.05, 4.69) is 24.3 Å². The molecule has 4 rings (SSSR count). The van der Waals surface area contributed by atoms with Crippen molar-refractivity contribution >= 4 is 27.4 Å². The Morgan fingerprint density at radius 2 is 1.75 bits per heavy atom. The number of benzene rings is 3. The highest BCUT2D eigenvalue weighted by Gasteiger charge is 2.12. The van der Waals surface area contributed by atoms with Gasteiger partial charge < -0.3 is 0 Å². The van der Waals surface area contributed by atoms with E-state index in [1.54, 1.807) is 12.1 Å². The van der Waals surface area contributed by atoms with Crippen LogP contribution >= 0.6 is 0 Å². The van der Waals surface area contributed by atoms with Crippen LogP contribution in [0.5, 0.6) is 0 Å². The Bertz CT molecular complexity index is 1100. The number of pyridine rings is 1. The van der Waals surface area contributed by atoms with Gasteiger partial charge in [-0.25, -0.2) is 4.98 Å². The summed E-state index contributed by atoms with van der Waals surface area (Å²) in [5.74, 6) is 0. The molecule has 0 atom stereocenters. The van der Waals surface area contributed by atoms with Gasteiger partial charge in [0, 0.05) is 23.1 Å². The molecule has 4 nitrogen and oxygen atoms in total. The highest BCUT2D eigenvalue weighted by atomic mass is 16.6. The van der Waals surface area contributed by atoms with Crippen LogP contribution in [0, 0.1) is 17.0 Å². The van der Waals surface area contributed by atoms with E-state index in [4.69, 9.17) is 4.98 Å². The van der Waals surface area contributed by atoms with Gasteiger partial charge in [-0.3, -0.25) is 10.1 Å². The first-order chi connectivity index (χ1) is 11.6.